The molecule has 0 spiro atoms. The van der Waals surface area contributed by atoms with Crippen molar-refractivity contribution in [3.05, 3.63) is 58.3 Å². The third-order valence-corrected chi connectivity index (χ3v) is 4.04. The van der Waals surface area contributed by atoms with Gasteiger partial charge in [-0.3, -0.25) is 4.98 Å². The summed E-state index contributed by atoms with van der Waals surface area (Å²) < 4.78 is 0. The maximum absolute atomic E-state index is 10.4. The molecule has 0 amide bonds. The van der Waals surface area contributed by atoms with Gasteiger partial charge >= 0.3 is 0 Å². The van der Waals surface area contributed by atoms with Crippen molar-refractivity contribution < 1.29 is 5.11 Å². The van der Waals surface area contributed by atoms with Crippen LogP contribution in [0.5, 0.6) is 0 Å². The topological polar surface area (TPSA) is 46.0 Å². The number of aromatic nitrogens is 2. The number of aliphatic hydroxyl groups is 1. The van der Waals surface area contributed by atoms with Crippen LogP contribution < -0.4 is 0 Å². The predicted molar refractivity (Wildman–Crippen MR) is 77.3 cm³/mol. The molecule has 2 aromatic heterocycles. The molecule has 1 aromatic carbocycles. The Morgan fingerprint density at radius 1 is 1.26 bits per heavy atom. The van der Waals surface area contributed by atoms with Gasteiger partial charge in [-0.1, -0.05) is 24.3 Å². The number of benzene rings is 1. The number of rotatable bonds is 3. The Labute approximate surface area is 115 Å². The molecule has 0 aliphatic heterocycles. The van der Waals surface area contributed by atoms with Crippen molar-refractivity contribution in [2.75, 3.05) is 0 Å². The van der Waals surface area contributed by atoms with Gasteiger partial charge in [-0.25, -0.2) is 4.98 Å². The Hall–Kier alpha value is -1.78. The molecule has 19 heavy (non-hydrogen) atoms. The Kier molecular flexibility index (Phi) is 3.27. The number of aliphatic hydroxyl groups excluding tert-OH is 1. The molecular weight excluding hydrogens is 256 g/mol. The second-order valence-corrected chi connectivity index (χ2v) is 5.46. The summed E-state index contributed by atoms with van der Waals surface area (Å²) in [6.45, 7) is 1.96. The van der Waals surface area contributed by atoms with E-state index in [2.05, 4.69) is 9.97 Å². The monoisotopic (exact) mass is 270 g/mol. The highest BCUT2D eigenvalue weighted by Crippen LogP contribution is 2.25. The van der Waals surface area contributed by atoms with E-state index in [0.717, 1.165) is 27.2 Å². The molecule has 0 radical (unpaired) electrons. The van der Waals surface area contributed by atoms with Crippen molar-refractivity contribution >= 4 is 22.1 Å². The van der Waals surface area contributed by atoms with Crippen LogP contribution in [0, 0.1) is 6.92 Å². The zero-order valence-corrected chi connectivity index (χ0v) is 11.4. The van der Waals surface area contributed by atoms with E-state index in [4.69, 9.17) is 0 Å². The number of hydrogen-bond donors (Lipinski definition) is 1. The highest BCUT2D eigenvalue weighted by Gasteiger charge is 2.15. The molecule has 0 aliphatic rings. The first-order valence-electron chi connectivity index (χ1n) is 6.17. The predicted octanol–water partition coefficient (Wildman–Crippen LogP) is 3.28. The van der Waals surface area contributed by atoms with E-state index < -0.39 is 6.10 Å². The lowest BCUT2D eigenvalue weighted by atomic mass is 10.0. The van der Waals surface area contributed by atoms with Crippen LogP contribution in [-0.2, 0) is 6.42 Å². The summed E-state index contributed by atoms with van der Waals surface area (Å²) in [5, 5.41) is 15.4. The second-order valence-electron chi connectivity index (χ2n) is 4.52. The lowest BCUT2D eigenvalue weighted by Gasteiger charge is -2.11. The van der Waals surface area contributed by atoms with Crippen molar-refractivity contribution in [1.29, 1.82) is 0 Å². The van der Waals surface area contributed by atoms with Crippen LogP contribution in [0.1, 0.15) is 22.5 Å². The van der Waals surface area contributed by atoms with Gasteiger partial charge in [-0.2, -0.15) is 0 Å². The average Bonchev–Trinajstić information content (AvgIpc) is 2.83. The van der Waals surface area contributed by atoms with Gasteiger partial charge in [0, 0.05) is 29.1 Å². The standard InChI is InChI=1S/C15H14N2OS/c1-10-9-19-14(17-10)8-13(18)15-12-5-3-2-4-11(12)6-7-16-15/h2-7,9,13,18H,8H2,1H3. The van der Waals surface area contributed by atoms with Crippen molar-refractivity contribution in [3.8, 4) is 0 Å². The zero-order chi connectivity index (χ0) is 13.2. The molecule has 0 bridgehead atoms. The SMILES string of the molecule is Cc1csc(CC(O)c2nccc3ccccc23)n1. The Morgan fingerprint density at radius 3 is 2.89 bits per heavy atom. The van der Waals surface area contributed by atoms with Gasteiger partial charge in [0.1, 0.15) is 6.10 Å². The number of nitrogens with zero attached hydrogens (tertiary/aromatic N) is 2. The van der Waals surface area contributed by atoms with Crippen LogP contribution in [-0.4, -0.2) is 15.1 Å². The summed E-state index contributed by atoms with van der Waals surface area (Å²) in [6.07, 6.45) is 1.64. The van der Waals surface area contributed by atoms with Gasteiger partial charge in [0.05, 0.1) is 10.7 Å². The Morgan fingerprint density at radius 2 is 2.11 bits per heavy atom. The lowest BCUT2D eigenvalue weighted by molar-refractivity contribution is 0.175. The van der Waals surface area contributed by atoms with E-state index in [-0.39, 0.29) is 0 Å². The Balaban J connectivity index is 1.95. The first-order chi connectivity index (χ1) is 9.24. The third kappa shape index (κ3) is 2.50. The highest BCUT2D eigenvalue weighted by molar-refractivity contribution is 7.09. The quantitative estimate of drug-likeness (QED) is 0.794. The Bertz CT molecular complexity index is 703. The van der Waals surface area contributed by atoms with Crippen LogP contribution in [0.3, 0.4) is 0 Å². The molecule has 0 saturated carbocycles. The van der Waals surface area contributed by atoms with Crippen LogP contribution in [0.25, 0.3) is 10.8 Å². The maximum atomic E-state index is 10.4. The average molecular weight is 270 g/mol. The first kappa shape index (κ1) is 12.3. The first-order valence-corrected chi connectivity index (χ1v) is 7.05. The molecule has 2 heterocycles. The van der Waals surface area contributed by atoms with E-state index in [9.17, 15) is 5.11 Å². The fourth-order valence-electron chi connectivity index (χ4n) is 2.17. The molecule has 3 nitrogen and oxygen atoms in total. The van der Waals surface area contributed by atoms with Gasteiger partial charge < -0.3 is 5.11 Å². The van der Waals surface area contributed by atoms with E-state index in [1.165, 1.54) is 0 Å². The van der Waals surface area contributed by atoms with Gasteiger partial charge in [0.25, 0.3) is 0 Å². The van der Waals surface area contributed by atoms with E-state index >= 15 is 0 Å². The molecule has 0 fully saturated rings. The normalized spacial score (nSPS) is 12.7. The molecule has 3 aromatic rings. The fraction of sp³-hybridized carbons (Fsp3) is 0.200. The summed E-state index contributed by atoms with van der Waals surface area (Å²) in [5.41, 5.74) is 1.73. The number of aryl methyl sites for hydroxylation is 1. The van der Waals surface area contributed by atoms with Crippen molar-refractivity contribution in [2.45, 2.75) is 19.4 Å². The van der Waals surface area contributed by atoms with E-state index in [1.807, 2.05) is 42.6 Å². The lowest BCUT2D eigenvalue weighted by Crippen LogP contribution is -2.04. The summed E-state index contributed by atoms with van der Waals surface area (Å²) in [5.74, 6) is 0. The fourth-order valence-corrected chi connectivity index (χ4v) is 2.98. The van der Waals surface area contributed by atoms with Crippen LogP contribution >= 0.6 is 11.3 Å². The minimum absolute atomic E-state index is 0.513. The molecule has 1 N–H and O–H groups in total. The van der Waals surface area contributed by atoms with Gasteiger partial charge in [-0.05, 0) is 18.4 Å². The molecule has 3 rings (SSSR count). The van der Waals surface area contributed by atoms with Crippen molar-refractivity contribution in [2.24, 2.45) is 0 Å². The number of thiazole rings is 1. The van der Waals surface area contributed by atoms with Gasteiger partial charge in [0.2, 0.25) is 0 Å². The summed E-state index contributed by atoms with van der Waals surface area (Å²) in [6, 6.07) is 9.93. The maximum Gasteiger partial charge on any atom is 0.103 e. The van der Waals surface area contributed by atoms with Gasteiger partial charge in [0.15, 0.2) is 0 Å². The minimum Gasteiger partial charge on any atom is -0.386 e. The molecular formula is C15H14N2OS. The summed E-state index contributed by atoms with van der Waals surface area (Å²) in [4.78, 5) is 8.72. The van der Waals surface area contributed by atoms with Crippen molar-refractivity contribution in [3.63, 3.8) is 0 Å². The van der Waals surface area contributed by atoms with Crippen molar-refractivity contribution in [1.82, 2.24) is 9.97 Å². The van der Waals surface area contributed by atoms with E-state index in [1.54, 1.807) is 17.5 Å². The molecule has 0 aliphatic carbocycles. The van der Waals surface area contributed by atoms with Crippen LogP contribution in [0.2, 0.25) is 0 Å². The molecule has 4 heteroatoms. The second kappa shape index (κ2) is 5.07. The smallest absolute Gasteiger partial charge is 0.103 e. The summed E-state index contributed by atoms with van der Waals surface area (Å²) in [7, 11) is 0. The largest absolute Gasteiger partial charge is 0.386 e. The third-order valence-electron chi connectivity index (χ3n) is 3.05. The van der Waals surface area contributed by atoms with E-state index in [0.29, 0.717) is 6.42 Å². The number of fused-ring (bicyclic) bond motifs is 1. The van der Waals surface area contributed by atoms with Crippen LogP contribution in [0.15, 0.2) is 41.9 Å². The summed E-state index contributed by atoms with van der Waals surface area (Å²) >= 11 is 1.58. The minimum atomic E-state index is -0.614. The zero-order valence-electron chi connectivity index (χ0n) is 10.6. The highest BCUT2D eigenvalue weighted by atomic mass is 32.1. The van der Waals surface area contributed by atoms with Crippen LogP contribution in [0.4, 0.5) is 0 Å². The molecule has 1 atom stereocenters. The molecule has 0 saturated heterocycles. The van der Waals surface area contributed by atoms with Gasteiger partial charge in [-0.15, -0.1) is 11.3 Å². The molecule has 96 valence electrons. The number of pyridine rings is 1. The number of hydrogen-bond acceptors (Lipinski definition) is 4. The molecule has 1 unspecified atom stereocenters.